The number of benzene rings is 2. The summed E-state index contributed by atoms with van der Waals surface area (Å²) in [5.41, 5.74) is -1.06. The van der Waals surface area contributed by atoms with E-state index in [2.05, 4.69) is 32.3 Å². The van der Waals surface area contributed by atoms with E-state index in [1.807, 2.05) is 0 Å². The fraction of sp³-hybridized carbons (Fsp3) is 0.323. The van der Waals surface area contributed by atoms with Crippen molar-refractivity contribution in [1.82, 2.24) is 30.0 Å². The van der Waals surface area contributed by atoms with E-state index in [4.69, 9.17) is 14.2 Å². The molecule has 0 saturated carbocycles. The number of amides is 2. The molecule has 2 N–H and O–H groups in total. The number of ether oxygens (including phenoxy) is 3. The predicted molar refractivity (Wildman–Crippen MR) is 163 cm³/mol. The van der Waals surface area contributed by atoms with Crippen LogP contribution in [0.1, 0.15) is 19.8 Å². The Morgan fingerprint density at radius 2 is 1.87 bits per heavy atom. The molecule has 46 heavy (non-hydrogen) atoms. The number of likely N-dealkylation sites (tertiary alicyclic amines) is 1. The van der Waals surface area contributed by atoms with Gasteiger partial charge < -0.3 is 29.7 Å². The van der Waals surface area contributed by atoms with Crippen molar-refractivity contribution in [3.63, 3.8) is 0 Å². The topological polar surface area (TPSA) is 133 Å². The van der Waals surface area contributed by atoms with Crippen LogP contribution in [0.5, 0.6) is 23.1 Å². The van der Waals surface area contributed by atoms with Gasteiger partial charge in [0.05, 0.1) is 23.9 Å². The van der Waals surface area contributed by atoms with E-state index in [1.54, 1.807) is 17.0 Å². The van der Waals surface area contributed by atoms with Crippen molar-refractivity contribution in [3.8, 4) is 23.1 Å². The van der Waals surface area contributed by atoms with Crippen molar-refractivity contribution in [2.45, 2.75) is 31.4 Å². The van der Waals surface area contributed by atoms with Crippen molar-refractivity contribution < 1.29 is 37.0 Å². The van der Waals surface area contributed by atoms with Crippen LogP contribution in [-0.4, -0.2) is 81.8 Å². The van der Waals surface area contributed by atoms with Crippen LogP contribution < -0.4 is 24.8 Å². The lowest BCUT2D eigenvalue weighted by molar-refractivity contribution is -0.127. The highest BCUT2D eigenvalue weighted by Crippen LogP contribution is 2.37. The Hall–Kier alpha value is -5.34. The molecule has 1 aliphatic rings. The smallest absolute Gasteiger partial charge is 0.342 e. The summed E-state index contributed by atoms with van der Waals surface area (Å²) in [5, 5.41) is 9.69. The lowest BCUT2D eigenvalue weighted by Gasteiger charge is -2.31. The quantitative estimate of drug-likeness (QED) is 0.209. The van der Waals surface area contributed by atoms with Crippen LogP contribution in [0.3, 0.4) is 0 Å². The largest absolute Gasteiger partial charge is 0.493 e. The molecular formula is C31H32F3N7O5. The van der Waals surface area contributed by atoms with Gasteiger partial charge in [-0.25, -0.2) is 27.9 Å². The van der Waals surface area contributed by atoms with E-state index >= 15 is 4.39 Å². The first-order chi connectivity index (χ1) is 22.1. The number of hydrogen-bond acceptors (Lipinski definition) is 9. The summed E-state index contributed by atoms with van der Waals surface area (Å²) in [6, 6.07) is 7.96. The van der Waals surface area contributed by atoms with Crippen LogP contribution >= 0.6 is 0 Å². The van der Waals surface area contributed by atoms with E-state index in [1.165, 1.54) is 50.8 Å². The minimum atomic E-state index is -1.68. The fourth-order valence-electron chi connectivity index (χ4n) is 4.72. The first-order valence-electron chi connectivity index (χ1n) is 14.3. The molecule has 1 saturated heterocycles. The maximum absolute atomic E-state index is 15.2. The van der Waals surface area contributed by atoms with Crippen LogP contribution in [0.2, 0.25) is 0 Å². The molecule has 2 amide bonds. The number of halogens is 3. The Labute approximate surface area is 262 Å². The number of fused-ring (bicyclic) bond motifs is 1. The molecule has 1 aliphatic heterocycles. The third-order valence-corrected chi connectivity index (χ3v) is 7.33. The summed E-state index contributed by atoms with van der Waals surface area (Å²) in [6.07, 6.45) is 4.98. The van der Waals surface area contributed by atoms with Gasteiger partial charge in [-0.3, -0.25) is 4.79 Å². The van der Waals surface area contributed by atoms with Crippen molar-refractivity contribution in [2.24, 2.45) is 0 Å². The Bertz CT molecular complexity index is 1740. The molecule has 3 heterocycles. The number of methoxy groups -OCH3 is 1. The first-order valence-corrected chi connectivity index (χ1v) is 14.3. The highest BCUT2D eigenvalue weighted by Gasteiger charge is 2.28. The van der Waals surface area contributed by atoms with Gasteiger partial charge in [-0.2, -0.15) is 4.68 Å². The Kier molecular flexibility index (Phi) is 9.58. The zero-order valence-corrected chi connectivity index (χ0v) is 25.1. The van der Waals surface area contributed by atoms with Gasteiger partial charge in [0, 0.05) is 55.7 Å². The number of rotatable bonds is 11. The van der Waals surface area contributed by atoms with E-state index < -0.39 is 30.7 Å². The normalized spacial score (nSPS) is 13.7. The van der Waals surface area contributed by atoms with Crippen molar-refractivity contribution in [2.75, 3.05) is 38.9 Å². The maximum Gasteiger partial charge on any atom is 0.342 e. The number of carbonyl (C=O) groups is 2. The standard InChI is InChI=1S/C31H32F3N7O5/c1-4-28(42)40-10-7-19(8-11-40)45-26-14-21-24(15-25(26)44-3)35-18-36-29(21)37-23-6-5-20(13-22(23)34)46-27-9-12-41(39-27)30(43)38-31(2,16-32)17-33/h4-6,9,12-15,18-19H,1,7-8,10-11,16-17H2,2-3H3,(H,38,43)(H,35,36,37). The lowest BCUT2D eigenvalue weighted by atomic mass is 10.1. The van der Waals surface area contributed by atoms with Gasteiger partial charge in [-0.05, 0) is 31.2 Å². The molecule has 0 aliphatic carbocycles. The number of piperidine rings is 1. The third-order valence-electron chi connectivity index (χ3n) is 7.33. The Morgan fingerprint density at radius 3 is 2.54 bits per heavy atom. The summed E-state index contributed by atoms with van der Waals surface area (Å²) in [5.74, 6) is 0.490. The number of alkyl halides is 2. The first kappa shape index (κ1) is 32.1. The molecule has 2 aromatic carbocycles. The Balaban J connectivity index is 1.30. The molecule has 4 aromatic rings. The van der Waals surface area contributed by atoms with Gasteiger partial charge in [0.1, 0.15) is 43.2 Å². The SMILES string of the molecule is C=CC(=O)N1CCC(Oc2cc3c(Nc4ccc(Oc5ccn(C(=O)NC(C)(CF)CF)n5)cc4F)ncnc3cc2OC)CC1. The summed E-state index contributed by atoms with van der Waals surface area (Å²) >= 11 is 0. The molecule has 2 aromatic heterocycles. The zero-order chi connectivity index (χ0) is 32.8. The van der Waals surface area contributed by atoms with Gasteiger partial charge in [0.15, 0.2) is 11.5 Å². The average Bonchev–Trinajstić information content (AvgIpc) is 3.54. The molecule has 0 bridgehead atoms. The van der Waals surface area contributed by atoms with Gasteiger partial charge >= 0.3 is 6.03 Å². The lowest BCUT2D eigenvalue weighted by Crippen LogP contribution is -2.51. The highest BCUT2D eigenvalue weighted by molar-refractivity contribution is 5.93. The average molecular weight is 640 g/mol. The molecule has 242 valence electrons. The van der Waals surface area contributed by atoms with Gasteiger partial charge in [-0.1, -0.05) is 6.58 Å². The minimum absolute atomic E-state index is 0.0429. The summed E-state index contributed by atoms with van der Waals surface area (Å²) < 4.78 is 59.6. The van der Waals surface area contributed by atoms with Crippen LogP contribution in [-0.2, 0) is 4.79 Å². The molecule has 15 heteroatoms. The number of carbonyl (C=O) groups excluding carboxylic acids is 2. The Morgan fingerprint density at radius 1 is 1.11 bits per heavy atom. The van der Waals surface area contributed by atoms with Crippen molar-refractivity contribution in [3.05, 3.63) is 67.4 Å². The van der Waals surface area contributed by atoms with E-state index in [9.17, 15) is 18.4 Å². The van der Waals surface area contributed by atoms with Crippen LogP contribution in [0.25, 0.3) is 10.9 Å². The van der Waals surface area contributed by atoms with Crippen LogP contribution in [0, 0.1) is 5.82 Å². The molecule has 5 rings (SSSR count). The number of anilines is 2. The molecule has 12 nitrogen and oxygen atoms in total. The van der Waals surface area contributed by atoms with Crippen LogP contribution in [0.4, 0.5) is 29.5 Å². The molecular weight excluding hydrogens is 607 g/mol. The monoisotopic (exact) mass is 639 g/mol. The number of nitrogens with one attached hydrogen (secondary N) is 2. The van der Waals surface area contributed by atoms with Gasteiger partial charge in [0.2, 0.25) is 11.8 Å². The van der Waals surface area contributed by atoms with Crippen LogP contribution in [0.15, 0.2) is 61.6 Å². The molecule has 0 atom stereocenters. The molecule has 1 fully saturated rings. The highest BCUT2D eigenvalue weighted by atomic mass is 19.1. The summed E-state index contributed by atoms with van der Waals surface area (Å²) in [4.78, 5) is 34.6. The second kappa shape index (κ2) is 13.7. The van der Waals surface area contributed by atoms with Gasteiger partial charge in [0.25, 0.3) is 0 Å². The van der Waals surface area contributed by atoms with E-state index in [0.29, 0.717) is 54.2 Å². The fourth-order valence-corrected chi connectivity index (χ4v) is 4.72. The number of aromatic nitrogens is 4. The zero-order valence-electron chi connectivity index (χ0n) is 25.1. The maximum atomic E-state index is 15.2. The molecule has 0 unspecified atom stereocenters. The van der Waals surface area contributed by atoms with Gasteiger partial charge in [-0.15, -0.1) is 5.10 Å². The van der Waals surface area contributed by atoms with Crippen molar-refractivity contribution in [1.29, 1.82) is 0 Å². The second-order valence-electron chi connectivity index (χ2n) is 10.8. The van der Waals surface area contributed by atoms with E-state index in [0.717, 1.165) is 10.7 Å². The molecule has 0 radical (unpaired) electrons. The van der Waals surface area contributed by atoms with E-state index in [-0.39, 0.29) is 29.3 Å². The summed E-state index contributed by atoms with van der Waals surface area (Å²) in [6.45, 7) is 3.63. The van der Waals surface area contributed by atoms with Crippen molar-refractivity contribution >= 4 is 34.3 Å². The third kappa shape index (κ3) is 7.14. The number of nitrogens with zero attached hydrogens (tertiary/aromatic N) is 5. The minimum Gasteiger partial charge on any atom is -0.493 e. The second-order valence-corrected chi connectivity index (χ2v) is 10.8. The summed E-state index contributed by atoms with van der Waals surface area (Å²) in [7, 11) is 1.52. The molecule has 0 spiro atoms. The predicted octanol–water partition coefficient (Wildman–Crippen LogP) is 5.32. The number of hydrogen-bond donors (Lipinski definition) is 2.